The van der Waals surface area contributed by atoms with Gasteiger partial charge in [0.15, 0.2) is 0 Å². The molecule has 0 aromatic carbocycles. The quantitative estimate of drug-likeness (QED) is 0.787. The molecule has 2 aromatic heterocycles. The third kappa shape index (κ3) is 3.25. The van der Waals surface area contributed by atoms with Crippen LogP contribution in [0.15, 0.2) is 35.5 Å². The summed E-state index contributed by atoms with van der Waals surface area (Å²) >= 11 is 0. The van der Waals surface area contributed by atoms with E-state index in [2.05, 4.69) is 20.7 Å². The molecule has 2 amide bonds. The van der Waals surface area contributed by atoms with Crippen LogP contribution in [0.4, 0.5) is 10.5 Å². The highest BCUT2D eigenvalue weighted by molar-refractivity contribution is 5.89. The van der Waals surface area contributed by atoms with E-state index in [0.717, 1.165) is 12.0 Å². The highest BCUT2D eigenvalue weighted by Gasteiger charge is 2.14. The number of nitrogens with zero attached hydrogens (tertiary/aromatic N) is 2. The number of amides is 2. The second-order valence-corrected chi connectivity index (χ2v) is 4.42. The number of rotatable bonds is 4. The lowest BCUT2D eigenvalue weighted by Crippen LogP contribution is -2.33. The van der Waals surface area contributed by atoms with Crippen LogP contribution in [0.5, 0.6) is 0 Å². The SMILES string of the molecule is CC[C@@H](NC(=O)Nc1ccc[nH]c1=O)c1cnn(C)c1. The zero-order valence-electron chi connectivity index (χ0n) is 11.4. The first-order valence-corrected chi connectivity index (χ1v) is 6.34. The number of pyridine rings is 1. The molecular weight excluding hydrogens is 258 g/mol. The van der Waals surface area contributed by atoms with Crippen molar-refractivity contribution in [1.82, 2.24) is 20.1 Å². The van der Waals surface area contributed by atoms with E-state index in [1.54, 1.807) is 23.0 Å². The number of aryl methyl sites for hydroxylation is 1. The minimum absolute atomic E-state index is 0.147. The molecule has 2 aromatic rings. The molecule has 3 N–H and O–H groups in total. The van der Waals surface area contributed by atoms with Gasteiger partial charge < -0.3 is 15.6 Å². The number of carbonyl (C=O) groups excluding carboxylic acids is 1. The van der Waals surface area contributed by atoms with Gasteiger partial charge in [0, 0.05) is 25.0 Å². The number of aromatic nitrogens is 3. The minimum atomic E-state index is -0.419. The van der Waals surface area contributed by atoms with E-state index >= 15 is 0 Å². The van der Waals surface area contributed by atoms with E-state index in [0.29, 0.717) is 0 Å². The molecule has 0 radical (unpaired) electrons. The smallest absolute Gasteiger partial charge is 0.319 e. The molecule has 2 rings (SSSR count). The molecule has 0 unspecified atom stereocenters. The summed E-state index contributed by atoms with van der Waals surface area (Å²) in [6.45, 7) is 1.97. The van der Waals surface area contributed by atoms with Crippen molar-refractivity contribution in [2.75, 3.05) is 5.32 Å². The van der Waals surface area contributed by atoms with Gasteiger partial charge in [0.1, 0.15) is 5.69 Å². The van der Waals surface area contributed by atoms with Crippen LogP contribution in [0.3, 0.4) is 0 Å². The number of hydrogen-bond acceptors (Lipinski definition) is 3. The summed E-state index contributed by atoms with van der Waals surface area (Å²) in [5.41, 5.74) is 0.801. The van der Waals surface area contributed by atoms with Crippen molar-refractivity contribution < 1.29 is 4.79 Å². The van der Waals surface area contributed by atoms with Crippen molar-refractivity contribution in [2.24, 2.45) is 7.05 Å². The standard InChI is InChI=1S/C13H17N5O2/c1-3-10(9-7-15-18(2)8-9)16-13(20)17-11-5-4-6-14-12(11)19/h4-8,10H,3H2,1-2H3,(H,14,19)(H2,16,17,20)/t10-/m1/s1. The lowest BCUT2D eigenvalue weighted by Gasteiger charge is -2.15. The van der Waals surface area contributed by atoms with Crippen molar-refractivity contribution in [1.29, 1.82) is 0 Å². The third-order valence-electron chi connectivity index (χ3n) is 2.91. The Kier molecular flexibility index (Phi) is 4.19. The van der Waals surface area contributed by atoms with Crippen LogP contribution in [0.2, 0.25) is 0 Å². The highest BCUT2D eigenvalue weighted by atomic mass is 16.2. The number of hydrogen-bond donors (Lipinski definition) is 3. The van der Waals surface area contributed by atoms with Gasteiger partial charge in [-0.3, -0.25) is 9.48 Å². The Morgan fingerprint density at radius 3 is 2.95 bits per heavy atom. The predicted molar refractivity (Wildman–Crippen MR) is 75.5 cm³/mol. The molecule has 0 fully saturated rings. The Morgan fingerprint density at radius 2 is 2.35 bits per heavy atom. The molecule has 0 aliphatic heterocycles. The number of urea groups is 1. The summed E-state index contributed by atoms with van der Waals surface area (Å²) in [5, 5.41) is 9.43. The number of anilines is 1. The molecular formula is C13H17N5O2. The van der Waals surface area contributed by atoms with E-state index in [4.69, 9.17) is 0 Å². The van der Waals surface area contributed by atoms with E-state index in [9.17, 15) is 9.59 Å². The molecule has 0 bridgehead atoms. The van der Waals surface area contributed by atoms with Crippen LogP contribution in [0, 0.1) is 0 Å². The van der Waals surface area contributed by atoms with Crippen LogP contribution in [-0.4, -0.2) is 20.8 Å². The maximum absolute atomic E-state index is 11.9. The molecule has 7 nitrogen and oxygen atoms in total. The van der Waals surface area contributed by atoms with Gasteiger partial charge >= 0.3 is 6.03 Å². The Balaban J connectivity index is 2.03. The first-order valence-electron chi connectivity index (χ1n) is 6.34. The fourth-order valence-corrected chi connectivity index (χ4v) is 1.88. The Bertz CT molecular complexity index is 646. The zero-order chi connectivity index (χ0) is 14.5. The summed E-state index contributed by atoms with van der Waals surface area (Å²) in [5.74, 6) is 0. The van der Waals surface area contributed by atoms with Gasteiger partial charge in [-0.05, 0) is 18.6 Å². The van der Waals surface area contributed by atoms with Crippen molar-refractivity contribution in [2.45, 2.75) is 19.4 Å². The third-order valence-corrected chi connectivity index (χ3v) is 2.91. The molecule has 0 spiro atoms. The molecule has 0 saturated carbocycles. The highest BCUT2D eigenvalue weighted by Crippen LogP contribution is 2.15. The summed E-state index contributed by atoms with van der Waals surface area (Å²) in [6, 6.07) is 2.63. The van der Waals surface area contributed by atoms with Crippen molar-refractivity contribution in [3.8, 4) is 0 Å². The van der Waals surface area contributed by atoms with Crippen LogP contribution in [-0.2, 0) is 7.05 Å². The number of carbonyl (C=O) groups is 1. The fourth-order valence-electron chi connectivity index (χ4n) is 1.88. The van der Waals surface area contributed by atoms with Crippen molar-refractivity contribution >= 4 is 11.7 Å². The van der Waals surface area contributed by atoms with Gasteiger partial charge in [-0.2, -0.15) is 5.10 Å². The molecule has 0 aliphatic carbocycles. The van der Waals surface area contributed by atoms with Gasteiger partial charge in [0.05, 0.1) is 12.2 Å². The summed E-state index contributed by atoms with van der Waals surface area (Å²) in [6.07, 6.45) is 5.80. The predicted octanol–water partition coefficient (Wildman–Crippen LogP) is 1.38. The van der Waals surface area contributed by atoms with Crippen molar-refractivity contribution in [3.05, 3.63) is 46.6 Å². The van der Waals surface area contributed by atoms with Crippen LogP contribution in [0.25, 0.3) is 0 Å². The Labute approximate surface area is 116 Å². The van der Waals surface area contributed by atoms with Gasteiger partial charge in [0.2, 0.25) is 0 Å². The average molecular weight is 275 g/mol. The summed E-state index contributed by atoms with van der Waals surface area (Å²) in [7, 11) is 1.82. The van der Waals surface area contributed by atoms with Crippen LogP contribution >= 0.6 is 0 Å². The lowest BCUT2D eigenvalue weighted by atomic mass is 10.1. The summed E-state index contributed by atoms with van der Waals surface area (Å²) in [4.78, 5) is 25.9. The Morgan fingerprint density at radius 1 is 1.55 bits per heavy atom. The van der Waals surface area contributed by atoms with E-state index in [1.807, 2.05) is 20.2 Å². The van der Waals surface area contributed by atoms with Gasteiger partial charge in [0.25, 0.3) is 5.56 Å². The molecule has 0 saturated heterocycles. The van der Waals surface area contributed by atoms with Gasteiger partial charge in [-0.1, -0.05) is 6.92 Å². The molecule has 20 heavy (non-hydrogen) atoms. The lowest BCUT2D eigenvalue weighted by molar-refractivity contribution is 0.248. The largest absolute Gasteiger partial charge is 0.331 e. The second-order valence-electron chi connectivity index (χ2n) is 4.42. The van der Waals surface area contributed by atoms with E-state index in [1.165, 1.54) is 6.20 Å². The fraction of sp³-hybridized carbons (Fsp3) is 0.308. The van der Waals surface area contributed by atoms with E-state index < -0.39 is 6.03 Å². The first kappa shape index (κ1) is 13.9. The van der Waals surface area contributed by atoms with E-state index in [-0.39, 0.29) is 17.3 Å². The molecule has 1 atom stereocenters. The monoisotopic (exact) mass is 275 g/mol. The van der Waals surface area contributed by atoms with Crippen LogP contribution in [0.1, 0.15) is 24.9 Å². The summed E-state index contributed by atoms with van der Waals surface area (Å²) < 4.78 is 1.68. The number of aromatic amines is 1. The number of nitrogens with one attached hydrogen (secondary N) is 3. The zero-order valence-corrected chi connectivity index (χ0v) is 11.4. The molecule has 2 heterocycles. The van der Waals surface area contributed by atoms with Crippen molar-refractivity contribution in [3.63, 3.8) is 0 Å². The maximum Gasteiger partial charge on any atom is 0.319 e. The number of H-pyrrole nitrogens is 1. The molecule has 7 heteroatoms. The minimum Gasteiger partial charge on any atom is -0.331 e. The van der Waals surface area contributed by atoms with Gasteiger partial charge in [-0.15, -0.1) is 0 Å². The van der Waals surface area contributed by atoms with Gasteiger partial charge in [-0.25, -0.2) is 4.79 Å². The van der Waals surface area contributed by atoms with Crippen LogP contribution < -0.4 is 16.2 Å². The average Bonchev–Trinajstić information content (AvgIpc) is 2.85. The molecule has 0 aliphatic rings. The maximum atomic E-state index is 11.9. The second kappa shape index (κ2) is 6.05. The normalized spacial score (nSPS) is 11.9. The Hall–Kier alpha value is -2.57. The first-order chi connectivity index (χ1) is 9.60. The topological polar surface area (TPSA) is 91.8 Å². The molecule has 106 valence electrons.